The largest absolute Gasteiger partial charge is 0.348 e. The van der Waals surface area contributed by atoms with Crippen molar-refractivity contribution in [3.05, 3.63) is 34.2 Å². The molecule has 0 bridgehead atoms. The second-order valence-electron chi connectivity index (χ2n) is 3.05. The third-order valence-corrected chi connectivity index (χ3v) is 1.78. The Morgan fingerprint density at radius 1 is 1.64 bits per heavy atom. The molecule has 0 aliphatic carbocycles. The number of carbonyl (C=O) groups is 1. The van der Waals surface area contributed by atoms with Crippen LogP contribution in [0.3, 0.4) is 0 Å². The topological polar surface area (TPSA) is 88.0 Å². The number of carbonyl (C=O) groups excluding carboxylic acids is 1. The summed E-state index contributed by atoms with van der Waals surface area (Å²) in [5.74, 6) is -0.237. The molecule has 14 heavy (non-hydrogen) atoms. The highest BCUT2D eigenvalue weighted by atomic mass is 16.2. The zero-order valence-electron chi connectivity index (χ0n) is 7.91. The summed E-state index contributed by atoms with van der Waals surface area (Å²) in [4.78, 5) is 24.6. The Bertz CT molecular complexity index is 352. The molecular formula is C9H13N3O2. The number of pyridine rings is 1. The predicted molar refractivity (Wildman–Crippen MR) is 53.0 cm³/mol. The normalized spacial score (nSPS) is 12.1. The molecule has 1 amide bonds. The Balaban J connectivity index is 2.70. The molecule has 76 valence electrons. The van der Waals surface area contributed by atoms with Crippen molar-refractivity contribution in [2.24, 2.45) is 5.73 Å². The zero-order valence-corrected chi connectivity index (χ0v) is 7.91. The van der Waals surface area contributed by atoms with Crippen LogP contribution in [0.25, 0.3) is 0 Å². The number of hydrogen-bond acceptors (Lipinski definition) is 3. The smallest absolute Gasteiger partial charge is 0.253 e. The van der Waals surface area contributed by atoms with Gasteiger partial charge in [0, 0.05) is 24.8 Å². The molecule has 0 spiro atoms. The molecule has 0 aliphatic heterocycles. The number of hydrogen-bond donors (Lipinski definition) is 3. The first-order valence-electron chi connectivity index (χ1n) is 4.33. The molecule has 5 heteroatoms. The molecule has 4 N–H and O–H groups in total. The van der Waals surface area contributed by atoms with Crippen molar-refractivity contribution >= 4 is 5.91 Å². The van der Waals surface area contributed by atoms with Gasteiger partial charge in [0.2, 0.25) is 5.56 Å². The van der Waals surface area contributed by atoms with Gasteiger partial charge in [-0.3, -0.25) is 9.59 Å². The molecule has 0 aliphatic rings. The van der Waals surface area contributed by atoms with Crippen molar-refractivity contribution in [2.75, 3.05) is 6.54 Å². The van der Waals surface area contributed by atoms with E-state index in [2.05, 4.69) is 10.3 Å². The Morgan fingerprint density at radius 2 is 2.36 bits per heavy atom. The molecule has 0 radical (unpaired) electrons. The van der Waals surface area contributed by atoms with E-state index < -0.39 is 0 Å². The van der Waals surface area contributed by atoms with E-state index in [0.29, 0.717) is 12.1 Å². The van der Waals surface area contributed by atoms with Crippen LogP contribution in [0.15, 0.2) is 23.1 Å². The number of aromatic amines is 1. The summed E-state index contributed by atoms with van der Waals surface area (Å²) in [6.07, 6.45) is 1.38. The van der Waals surface area contributed by atoms with E-state index in [1.807, 2.05) is 6.92 Å². The first-order valence-corrected chi connectivity index (χ1v) is 4.33. The number of aromatic nitrogens is 1. The highest BCUT2D eigenvalue weighted by Crippen LogP contribution is 1.93. The first-order chi connectivity index (χ1) is 6.63. The van der Waals surface area contributed by atoms with Crippen LogP contribution in [0.1, 0.15) is 17.3 Å². The lowest BCUT2D eigenvalue weighted by atomic mass is 10.2. The summed E-state index contributed by atoms with van der Waals surface area (Å²) in [6, 6.07) is 2.70. The van der Waals surface area contributed by atoms with E-state index in [4.69, 9.17) is 5.73 Å². The molecule has 0 saturated carbocycles. The molecule has 1 heterocycles. The summed E-state index contributed by atoms with van der Waals surface area (Å²) in [5.41, 5.74) is 5.54. The minimum atomic E-state index is -0.237. The van der Waals surface area contributed by atoms with E-state index >= 15 is 0 Å². The Kier molecular flexibility index (Phi) is 3.41. The maximum Gasteiger partial charge on any atom is 0.253 e. The van der Waals surface area contributed by atoms with Gasteiger partial charge in [-0.15, -0.1) is 0 Å². The number of nitrogens with two attached hydrogens (primary N) is 1. The van der Waals surface area contributed by atoms with Crippen LogP contribution in [0.5, 0.6) is 0 Å². The van der Waals surface area contributed by atoms with Gasteiger partial charge in [0.05, 0.1) is 5.56 Å². The molecule has 0 aromatic carbocycles. The van der Waals surface area contributed by atoms with E-state index in [9.17, 15) is 9.59 Å². The average Bonchev–Trinajstić information content (AvgIpc) is 2.18. The first kappa shape index (κ1) is 10.5. The SMILES string of the molecule is C[C@H](CN)NC(=O)c1ccc(=O)[nH]c1. The Labute approximate surface area is 81.3 Å². The molecule has 0 unspecified atom stereocenters. The van der Waals surface area contributed by atoms with Crippen molar-refractivity contribution in [1.29, 1.82) is 0 Å². The molecule has 1 aromatic rings. The van der Waals surface area contributed by atoms with E-state index in [1.54, 1.807) is 0 Å². The third kappa shape index (κ3) is 2.70. The fraction of sp³-hybridized carbons (Fsp3) is 0.333. The summed E-state index contributed by atoms with van der Waals surface area (Å²) < 4.78 is 0. The number of H-pyrrole nitrogens is 1. The third-order valence-electron chi connectivity index (χ3n) is 1.78. The van der Waals surface area contributed by atoms with E-state index in [0.717, 1.165) is 0 Å². The van der Waals surface area contributed by atoms with Crippen molar-refractivity contribution < 1.29 is 4.79 Å². The van der Waals surface area contributed by atoms with Gasteiger partial charge < -0.3 is 16.0 Å². The molecule has 1 aromatic heterocycles. The lowest BCUT2D eigenvalue weighted by Crippen LogP contribution is -2.37. The van der Waals surface area contributed by atoms with Crippen LogP contribution in [-0.4, -0.2) is 23.5 Å². The highest BCUT2D eigenvalue weighted by Gasteiger charge is 2.07. The highest BCUT2D eigenvalue weighted by molar-refractivity contribution is 5.93. The van der Waals surface area contributed by atoms with Crippen LogP contribution in [-0.2, 0) is 0 Å². The van der Waals surface area contributed by atoms with Crippen molar-refractivity contribution in [1.82, 2.24) is 10.3 Å². The molecule has 1 rings (SSSR count). The van der Waals surface area contributed by atoms with Crippen molar-refractivity contribution in [2.45, 2.75) is 13.0 Å². The molecule has 1 atom stereocenters. The van der Waals surface area contributed by atoms with Crippen molar-refractivity contribution in [3.8, 4) is 0 Å². The minimum Gasteiger partial charge on any atom is -0.348 e. The summed E-state index contributed by atoms with van der Waals surface area (Å²) in [5, 5.41) is 2.68. The second-order valence-corrected chi connectivity index (χ2v) is 3.05. The fourth-order valence-electron chi connectivity index (χ4n) is 0.918. The quantitative estimate of drug-likeness (QED) is 0.604. The van der Waals surface area contributed by atoms with Gasteiger partial charge in [0.25, 0.3) is 5.91 Å². The van der Waals surface area contributed by atoms with Gasteiger partial charge in [-0.25, -0.2) is 0 Å². The molecule has 0 saturated heterocycles. The van der Waals surface area contributed by atoms with Gasteiger partial charge in [-0.05, 0) is 13.0 Å². The zero-order chi connectivity index (χ0) is 10.6. The summed E-state index contributed by atoms with van der Waals surface area (Å²) in [7, 11) is 0. The van der Waals surface area contributed by atoms with Crippen LogP contribution in [0, 0.1) is 0 Å². The molecular weight excluding hydrogens is 182 g/mol. The standard InChI is InChI=1S/C9H13N3O2/c1-6(4-10)12-9(14)7-2-3-8(13)11-5-7/h2-3,5-6H,4,10H2,1H3,(H,11,13)(H,12,14)/t6-/m1/s1. The Morgan fingerprint density at radius 3 is 2.86 bits per heavy atom. The lowest BCUT2D eigenvalue weighted by Gasteiger charge is -2.10. The van der Waals surface area contributed by atoms with Gasteiger partial charge in [-0.2, -0.15) is 0 Å². The van der Waals surface area contributed by atoms with E-state index in [-0.39, 0.29) is 17.5 Å². The van der Waals surface area contributed by atoms with Crippen LogP contribution < -0.4 is 16.6 Å². The van der Waals surface area contributed by atoms with Gasteiger partial charge in [-0.1, -0.05) is 0 Å². The van der Waals surface area contributed by atoms with Crippen LogP contribution in [0.2, 0.25) is 0 Å². The summed E-state index contributed by atoms with van der Waals surface area (Å²) >= 11 is 0. The minimum absolute atomic E-state index is 0.0746. The molecule has 5 nitrogen and oxygen atoms in total. The van der Waals surface area contributed by atoms with Crippen LogP contribution in [0.4, 0.5) is 0 Å². The lowest BCUT2D eigenvalue weighted by molar-refractivity contribution is 0.0941. The second kappa shape index (κ2) is 4.57. The average molecular weight is 195 g/mol. The number of amides is 1. The number of rotatable bonds is 3. The molecule has 0 fully saturated rings. The van der Waals surface area contributed by atoms with Crippen LogP contribution >= 0.6 is 0 Å². The predicted octanol–water partition coefficient (Wildman–Crippen LogP) is -0.548. The van der Waals surface area contributed by atoms with Gasteiger partial charge in [0.15, 0.2) is 0 Å². The maximum absolute atomic E-state index is 11.4. The van der Waals surface area contributed by atoms with Crippen molar-refractivity contribution in [3.63, 3.8) is 0 Å². The van der Waals surface area contributed by atoms with Gasteiger partial charge in [0.1, 0.15) is 0 Å². The van der Waals surface area contributed by atoms with Gasteiger partial charge >= 0.3 is 0 Å². The number of nitrogens with one attached hydrogen (secondary N) is 2. The summed E-state index contributed by atoms with van der Waals surface area (Å²) in [6.45, 7) is 2.19. The van der Waals surface area contributed by atoms with E-state index in [1.165, 1.54) is 18.3 Å². The monoisotopic (exact) mass is 195 g/mol. The Hall–Kier alpha value is -1.62. The maximum atomic E-state index is 11.4. The fourth-order valence-corrected chi connectivity index (χ4v) is 0.918.